The normalized spacial score (nSPS) is 17.3. The van der Waals surface area contributed by atoms with E-state index in [2.05, 4.69) is 15.8 Å². The first kappa shape index (κ1) is 17.0. The van der Waals surface area contributed by atoms with Gasteiger partial charge in [0.15, 0.2) is 5.11 Å². The van der Waals surface area contributed by atoms with Crippen LogP contribution in [0.5, 0.6) is 0 Å². The summed E-state index contributed by atoms with van der Waals surface area (Å²) < 4.78 is 11.2. The number of furan rings is 1. The number of hydrogen-bond donors (Lipinski definition) is 2. The largest absolute Gasteiger partial charge is 0.455 e. The third-order valence-electron chi connectivity index (χ3n) is 3.61. The van der Waals surface area contributed by atoms with Gasteiger partial charge in [0.1, 0.15) is 11.5 Å². The van der Waals surface area contributed by atoms with Crippen molar-refractivity contribution in [1.82, 2.24) is 10.7 Å². The smallest absolute Gasteiger partial charge is 0.187 e. The number of ether oxygens (including phenoxy) is 1. The van der Waals surface area contributed by atoms with Crippen molar-refractivity contribution in [3.63, 3.8) is 0 Å². The van der Waals surface area contributed by atoms with Crippen molar-refractivity contribution >= 4 is 35.1 Å². The minimum atomic E-state index is 0.235. The summed E-state index contributed by atoms with van der Waals surface area (Å²) in [5.74, 6) is 1.36. The number of nitrogens with zero attached hydrogens (tertiary/aromatic N) is 1. The Labute approximate surface area is 151 Å². The van der Waals surface area contributed by atoms with Crippen LogP contribution in [0.15, 0.2) is 45.9 Å². The monoisotopic (exact) mass is 363 g/mol. The van der Waals surface area contributed by atoms with Gasteiger partial charge in [0.2, 0.25) is 0 Å². The predicted molar refractivity (Wildman–Crippen MR) is 99.5 cm³/mol. The van der Waals surface area contributed by atoms with Gasteiger partial charge >= 0.3 is 0 Å². The molecule has 2 aromatic rings. The molecule has 1 unspecified atom stereocenters. The van der Waals surface area contributed by atoms with Crippen molar-refractivity contribution in [3.05, 3.63) is 47.2 Å². The van der Waals surface area contributed by atoms with Gasteiger partial charge in [-0.2, -0.15) is 5.10 Å². The lowest BCUT2D eigenvalue weighted by atomic mass is 10.2. The number of benzene rings is 1. The highest BCUT2D eigenvalue weighted by molar-refractivity contribution is 7.80. The van der Waals surface area contributed by atoms with Crippen LogP contribution >= 0.6 is 23.8 Å². The Hall–Kier alpha value is -1.89. The molecule has 0 amide bonds. The van der Waals surface area contributed by atoms with Crippen LogP contribution in [0.3, 0.4) is 0 Å². The molecule has 1 atom stereocenters. The maximum Gasteiger partial charge on any atom is 0.187 e. The van der Waals surface area contributed by atoms with Crippen LogP contribution in [0.1, 0.15) is 18.6 Å². The molecular formula is C17H18ClN3O2S. The van der Waals surface area contributed by atoms with E-state index in [0.29, 0.717) is 22.4 Å². The number of hydrazone groups is 1. The van der Waals surface area contributed by atoms with Crippen LogP contribution in [0.2, 0.25) is 5.02 Å². The van der Waals surface area contributed by atoms with Crippen molar-refractivity contribution in [2.24, 2.45) is 5.10 Å². The Morgan fingerprint density at radius 2 is 2.29 bits per heavy atom. The Balaban J connectivity index is 1.49. The van der Waals surface area contributed by atoms with E-state index in [1.54, 1.807) is 6.21 Å². The summed E-state index contributed by atoms with van der Waals surface area (Å²) in [5.41, 5.74) is 3.69. The number of rotatable bonds is 5. The summed E-state index contributed by atoms with van der Waals surface area (Å²) in [4.78, 5) is 0. The molecule has 1 aliphatic heterocycles. The third-order valence-corrected chi connectivity index (χ3v) is 4.08. The number of thiocarbonyl (C=S) groups is 1. The quantitative estimate of drug-likeness (QED) is 0.483. The summed E-state index contributed by atoms with van der Waals surface area (Å²) in [6, 6.07) is 11.2. The van der Waals surface area contributed by atoms with Gasteiger partial charge in [-0.3, -0.25) is 5.43 Å². The summed E-state index contributed by atoms with van der Waals surface area (Å²) in [6.45, 7) is 1.53. The van der Waals surface area contributed by atoms with E-state index in [0.717, 1.165) is 30.8 Å². The summed E-state index contributed by atoms with van der Waals surface area (Å²) >= 11 is 11.2. The van der Waals surface area contributed by atoms with Crippen LogP contribution in [0.25, 0.3) is 11.3 Å². The van der Waals surface area contributed by atoms with Gasteiger partial charge in [-0.25, -0.2) is 0 Å². The molecule has 24 heavy (non-hydrogen) atoms. The van der Waals surface area contributed by atoms with Crippen molar-refractivity contribution in [3.8, 4) is 11.3 Å². The average molecular weight is 364 g/mol. The van der Waals surface area contributed by atoms with Crippen LogP contribution in [-0.2, 0) is 4.74 Å². The first-order valence-electron chi connectivity index (χ1n) is 7.75. The molecule has 1 aliphatic rings. The molecule has 1 aromatic carbocycles. The molecule has 0 saturated carbocycles. The Bertz CT molecular complexity index is 726. The SMILES string of the molecule is S=C(NCC1CCCO1)NN=Cc1ccc(-c2cccc(Cl)c2)o1. The highest BCUT2D eigenvalue weighted by Crippen LogP contribution is 2.24. The number of halogens is 1. The first-order valence-corrected chi connectivity index (χ1v) is 8.53. The van der Waals surface area contributed by atoms with Gasteiger partial charge in [0.05, 0.1) is 12.3 Å². The highest BCUT2D eigenvalue weighted by Gasteiger charge is 2.15. The average Bonchev–Trinajstić information content (AvgIpc) is 3.25. The summed E-state index contributed by atoms with van der Waals surface area (Å²) in [5, 5.41) is 8.29. The van der Waals surface area contributed by atoms with Gasteiger partial charge in [-0.15, -0.1) is 0 Å². The van der Waals surface area contributed by atoms with Crippen LogP contribution in [-0.4, -0.2) is 30.6 Å². The van der Waals surface area contributed by atoms with Crippen molar-refractivity contribution < 1.29 is 9.15 Å². The fraction of sp³-hybridized carbons (Fsp3) is 0.294. The standard InChI is InChI=1S/C17H18ClN3O2S/c18-13-4-1-3-12(9-13)16-7-6-15(23-16)11-20-21-17(24)19-10-14-5-2-8-22-14/h1,3-4,6-7,9,11,14H,2,5,8,10H2,(H2,19,21,24). The van der Waals surface area contributed by atoms with Crippen LogP contribution in [0, 0.1) is 0 Å². The molecule has 0 radical (unpaired) electrons. The molecule has 0 aliphatic carbocycles. The van der Waals surface area contributed by atoms with Crippen molar-refractivity contribution in [2.75, 3.05) is 13.2 Å². The maximum absolute atomic E-state index is 5.99. The van der Waals surface area contributed by atoms with E-state index in [1.807, 2.05) is 36.4 Å². The second kappa shape index (κ2) is 8.28. The molecule has 7 heteroatoms. The third kappa shape index (κ3) is 4.80. The molecule has 5 nitrogen and oxygen atoms in total. The minimum Gasteiger partial charge on any atom is -0.455 e. The van der Waals surface area contributed by atoms with E-state index < -0.39 is 0 Å². The fourth-order valence-electron chi connectivity index (χ4n) is 2.43. The molecule has 0 bridgehead atoms. The zero-order chi connectivity index (χ0) is 16.8. The topological polar surface area (TPSA) is 58.8 Å². The van der Waals surface area contributed by atoms with E-state index in [1.165, 1.54) is 0 Å². The lowest BCUT2D eigenvalue weighted by molar-refractivity contribution is 0.114. The Morgan fingerprint density at radius 1 is 1.38 bits per heavy atom. The second-order valence-electron chi connectivity index (χ2n) is 5.43. The van der Waals surface area contributed by atoms with Crippen molar-refractivity contribution in [2.45, 2.75) is 18.9 Å². The molecule has 1 fully saturated rings. The fourth-order valence-corrected chi connectivity index (χ4v) is 2.75. The Kier molecular flexibility index (Phi) is 5.85. The van der Waals surface area contributed by atoms with E-state index in [9.17, 15) is 0 Å². The lowest BCUT2D eigenvalue weighted by Gasteiger charge is -2.11. The van der Waals surface area contributed by atoms with Gasteiger partial charge in [0, 0.05) is 23.7 Å². The number of nitrogens with one attached hydrogen (secondary N) is 2. The molecule has 2 N–H and O–H groups in total. The minimum absolute atomic E-state index is 0.235. The zero-order valence-electron chi connectivity index (χ0n) is 13.0. The maximum atomic E-state index is 5.99. The van der Waals surface area contributed by atoms with Crippen LogP contribution in [0.4, 0.5) is 0 Å². The predicted octanol–water partition coefficient (Wildman–Crippen LogP) is 3.58. The summed E-state index contributed by atoms with van der Waals surface area (Å²) in [7, 11) is 0. The second-order valence-corrected chi connectivity index (χ2v) is 6.27. The first-order chi connectivity index (χ1) is 11.7. The molecular weight excluding hydrogens is 346 g/mol. The lowest BCUT2D eigenvalue weighted by Crippen LogP contribution is -2.37. The molecule has 1 aromatic heterocycles. The molecule has 1 saturated heterocycles. The van der Waals surface area contributed by atoms with Gasteiger partial charge in [-0.1, -0.05) is 23.7 Å². The molecule has 126 valence electrons. The van der Waals surface area contributed by atoms with E-state index in [4.69, 9.17) is 33.0 Å². The van der Waals surface area contributed by atoms with Crippen molar-refractivity contribution in [1.29, 1.82) is 0 Å². The number of hydrogen-bond acceptors (Lipinski definition) is 4. The van der Waals surface area contributed by atoms with E-state index in [-0.39, 0.29) is 6.10 Å². The van der Waals surface area contributed by atoms with Gasteiger partial charge in [0.25, 0.3) is 0 Å². The molecule has 2 heterocycles. The van der Waals surface area contributed by atoms with E-state index >= 15 is 0 Å². The zero-order valence-corrected chi connectivity index (χ0v) is 14.6. The van der Waals surface area contributed by atoms with Crippen LogP contribution < -0.4 is 10.7 Å². The summed E-state index contributed by atoms with van der Waals surface area (Å²) in [6.07, 6.45) is 3.99. The Morgan fingerprint density at radius 3 is 3.08 bits per heavy atom. The van der Waals surface area contributed by atoms with Gasteiger partial charge < -0.3 is 14.5 Å². The highest BCUT2D eigenvalue weighted by atomic mass is 35.5. The molecule has 3 rings (SSSR count). The molecule has 0 spiro atoms. The van der Waals surface area contributed by atoms with Gasteiger partial charge in [-0.05, 0) is 49.3 Å².